The molecule has 2 rings (SSSR count). The molecule has 1 aromatic carbocycles. The molecule has 1 heterocycles. The van der Waals surface area contributed by atoms with E-state index >= 15 is 0 Å². The minimum atomic E-state index is -0.518. The molecule has 1 saturated heterocycles. The van der Waals surface area contributed by atoms with Crippen LogP contribution in [-0.2, 0) is 19.1 Å². The van der Waals surface area contributed by atoms with Crippen LogP contribution in [0, 0.1) is 0 Å². The first kappa shape index (κ1) is 15.2. The summed E-state index contributed by atoms with van der Waals surface area (Å²) in [5, 5.41) is 0. The first-order valence-corrected chi connectivity index (χ1v) is 6.71. The van der Waals surface area contributed by atoms with E-state index in [4.69, 9.17) is 14.2 Å². The molecule has 0 aliphatic carbocycles. The number of nitrogens with zero attached hydrogens (tertiary/aromatic N) is 1. The minimum absolute atomic E-state index is 0.368. The van der Waals surface area contributed by atoms with Crippen molar-refractivity contribution in [3.05, 3.63) is 24.3 Å². The van der Waals surface area contributed by atoms with Gasteiger partial charge in [0.2, 0.25) is 0 Å². The van der Waals surface area contributed by atoms with Gasteiger partial charge in [0.25, 0.3) is 0 Å². The van der Waals surface area contributed by atoms with E-state index in [9.17, 15) is 9.59 Å². The maximum atomic E-state index is 12.0. The fraction of sp³-hybridized carbons (Fsp3) is 0.467. The van der Waals surface area contributed by atoms with Crippen molar-refractivity contribution in [2.75, 3.05) is 26.2 Å². The third-order valence-electron chi connectivity index (χ3n) is 3.69. The van der Waals surface area contributed by atoms with E-state index in [0.29, 0.717) is 24.3 Å². The molecule has 6 nitrogen and oxygen atoms in total. The van der Waals surface area contributed by atoms with Gasteiger partial charge >= 0.3 is 11.9 Å². The van der Waals surface area contributed by atoms with E-state index < -0.39 is 12.1 Å². The summed E-state index contributed by atoms with van der Waals surface area (Å²) in [4.78, 5) is 25.7. The summed E-state index contributed by atoms with van der Waals surface area (Å²) in [5.74, 6) is -0.137. The van der Waals surface area contributed by atoms with Crippen molar-refractivity contribution in [3.63, 3.8) is 0 Å². The van der Waals surface area contributed by atoms with Crippen LogP contribution in [0.15, 0.2) is 24.3 Å². The van der Waals surface area contributed by atoms with Crippen molar-refractivity contribution in [3.8, 4) is 5.75 Å². The number of hydrogen-bond donors (Lipinski definition) is 0. The lowest BCUT2D eigenvalue weighted by Gasteiger charge is -2.30. The first-order valence-electron chi connectivity index (χ1n) is 6.71. The highest BCUT2D eigenvalue weighted by atomic mass is 16.5. The van der Waals surface area contributed by atoms with Gasteiger partial charge in [0.15, 0.2) is 0 Å². The summed E-state index contributed by atoms with van der Waals surface area (Å²) in [5.41, 5.74) is 0.684. The molecule has 6 heteroatoms. The molecule has 0 spiro atoms. The number of anilines is 1. The summed E-state index contributed by atoms with van der Waals surface area (Å²) in [6, 6.07) is 6.23. The molecular weight excluding hydrogens is 274 g/mol. The number of ether oxygens (including phenoxy) is 3. The van der Waals surface area contributed by atoms with Gasteiger partial charge in [-0.2, -0.15) is 0 Å². The van der Waals surface area contributed by atoms with Crippen LogP contribution in [-0.4, -0.2) is 45.4 Å². The van der Waals surface area contributed by atoms with Crippen molar-refractivity contribution in [2.24, 2.45) is 0 Å². The van der Waals surface area contributed by atoms with Gasteiger partial charge in [0, 0.05) is 0 Å². The Kier molecular flexibility index (Phi) is 4.67. The number of hydrogen-bond acceptors (Lipinski definition) is 6. The van der Waals surface area contributed by atoms with Crippen molar-refractivity contribution >= 4 is 17.6 Å². The van der Waals surface area contributed by atoms with Crippen LogP contribution in [0.1, 0.15) is 12.8 Å². The van der Waals surface area contributed by atoms with Crippen LogP contribution >= 0.6 is 0 Å². The number of para-hydroxylation sites is 2. The van der Waals surface area contributed by atoms with Crippen LogP contribution in [0.4, 0.5) is 5.69 Å². The normalized spacial score (nSPS) is 21.0. The molecule has 2 atom stereocenters. The molecule has 0 N–H and O–H groups in total. The molecule has 0 radical (unpaired) electrons. The molecule has 1 aromatic rings. The molecular formula is C15H19NO5. The van der Waals surface area contributed by atoms with Gasteiger partial charge in [0.05, 0.1) is 27.0 Å². The van der Waals surface area contributed by atoms with Crippen LogP contribution < -0.4 is 9.64 Å². The van der Waals surface area contributed by atoms with Gasteiger partial charge in [-0.25, -0.2) is 9.59 Å². The zero-order chi connectivity index (χ0) is 15.4. The van der Waals surface area contributed by atoms with E-state index in [1.54, 1.807) is 18.1 Å². The van der Waals surface area contributed by atoms with E-state index in [2.05, 4.69) is 0 Å². The number of carbonyl (C=O) groups is 2. The Hall–Kier alpha value is -2.24. The Morgan fingerprint density at radius 2 is 1.52 bits per heavy atom. The predicted octanol–water partition coefficient (Wildman–Crippen LogP) is 1.38. The number of carbonyl (C=O) groups excluding carboxylic acids is 2. The monoisotopic (exact) mass is 293 g/mol. The minimum Gasteiger partial charge on any atom is -0.495 e. The molecule has 21 heavy (non-hydrogen) atoms. The Balaban J connectivity index is 2.44. The molecule has 0 saturated carbocycles. The molecule has 1 aliphatic rings. The van der Waals surface area contributed by atoms with Crippen molar-refractivity contribution in [1.29, 1.82) is 0 Å². The van der Waals surface area contributed by atoms with Crippen LogP contribution in [0.25, 0.3) is 0 Å². The van der Waals surface area contributed by atoms with Crippen molar-refractivity contribution in [1.82, 2.24) is 0 Å². The molecule has 2 unspecified atom stereocenters. The maximum absolute atomic E-state index is 12.0. The van der Waals surface area contributed by atoms with E-state index in [1.165, 1.54) is 14.2 Å². The lowest BCUT2D eigenvalue weighted by atomic mass is 10.2. The molecule has 0 amide bonds. The molecule has 1 fully saturated rings. The third-order valence-corrected chi connectivity index (χ3v) is 3.69. The number of methoxy groups -OCH3 is 3. The van der Waals surface area contributed by atoms with Crippen LogP contribution in [0.2, 0.25) is 0 Å². The standard InChI is InChI=1S/C15H19NO5/c1-19-13-7-5-4-6-10(13)16-11(14(17)20-2)8-9-12(16)15(18)21-3/h4-7,11-12H,8-9H2,1-3H3. The largest absolute Gasteiger partial charge is 0.495 e. The van der Waals surface area contributed by atoms with Gasteiger partial charge in [-0.15, -0.1) is 0 Å². The van der Waals surface area contributed by atoms with Crippen molar-refractivity contribution < 1.29 is 23.8 Å². The van der Waals surface area contributed by atoms with Gasteiger partial charge in [-0.3, -0.25) is 0 Å². The van der Waals surface area contributed by atoms with E-state index in [0.717, 1.165) is 0 Å². The predicted molar refractivity (Wildman–Crippen MR) is 76.3 cm³/mol. The van der Waals surface area contributed by atoms with Gasteiger partial charge in [0.1, 0.15) is 17.8 Å². The summed E-state index contributed by atoms with van der Waals surface area (Å²) >= 11 is 0. The first-order chi connectivity index (χ1) is 10.1. The average molecular weight is 293 g/mol. The summed E-state index contributed by atoms with van der Waals surface area (Å²) in [6.45, 7) is 0. The molecule has 0 aromatic heterocycles. The molecule has 114 valence electrons. The van der Waals surface area contributed by atoms with Gasteiger partial charge in [-0.1, -0.05) is 12.1 Å². The highest BCUT2D eigenvalue weighted by molar-refractivity contribution is 5.89. The van der Waals surface area contributed by atoms with Crippen molar-refractivity contribution in [2.45, 2.75) is 24.9 Å². The number of esters is 2. The van der Waals surface area contributed by atoms with Gasteiger partial charge < -0.3 is 19.1 Å². The second-order valence-electron chi connectivity index (χ2n) is 4.73. The highest BCUT2D eigenvalue weighted by Gasteiger charge is 2.43. The Bertz CT molecular complexity index is 507. The maximum Gasteiger partial charge on any atom is 0.328 e. The summed E-state index contributed by atoms with van der Waals surface area (Å²) < 4.78 is 15.0. The quantitative estimate of drug-likeness (QED) is 0.781. The Labute approximate surface area is 123 Å². The Morgan fingerprint density at radius 3 is 2.00 bits per heavy atom. The fourth-order valence-corrected chi connectivity index (χ4v) is 2.72. The summed E-state index contributed by atoms with van der Waals surface area (Å²) in [7, 11) is 4.23. The second-order valence-corrected chi connectivity index (χ2v) is 4.73. The Morgan fingerprint density at radius 1 is 1.00 bits per heavy atom. The average Bonchev–Trinajstić information content (AvgIpc) is 2.97. The third kappa shape index (κ3) is 2.79. The SMILES string of the molecule is COC(=O)C1CCC(C(=O)OC)N1c1ccccc1OC. The lowest BCUT2D eigenvalue weighted by molar-refractivity contribution is -0.142. The van der Waals surface area contributed by atoms with E-state index in [-0.39, 0.29) is 11.9 Å². The molecule has 1 aliphatic heterocycles. The zero-order valence-electron chi connectivity index (χ0n) is 12.4. The zero-order valence-corrected chi connectivity index (χ0v) is 12.4. The highest BCUT2D eigenvalue weighted by Crippen LogP contribution is 2.37. The second kappa shape index (κ2) is 6.47. The number of rotatable bonds is 4. The number of benzene rings is 1. The topological polar surface area (TPSA) is 65.1 Å². The van der Waals surface area contributed by atoms with E-state index in [1.807, 2.05) is 18.2 Å². The fourth-order valence-electron chi connectivity index (χ4n) is 2.72. The molecule has 0 bridgehead atoms. The van der Waals surface area contributed by atoms with Crippen LogP contribution in [0.5, 0.6) is 5.75 Å². The smallest absolute Gasteiger partial charge is 0.328 e. The summed E-state index contributed by atoms with van der Waals surface area (Å²) in [6.07, 6.45) is 1.06. The lowest BCUT2D eigenvalue weighted by Crippen LogP contribution is -2.45. The van der Waals surface area contributed by atoms with Gasteiger partial charge in [-0.05, 0) is 25.0 Å². The van der Waals surface area contributed by atoms with Crippen LogP contribution in [0.3, 0.4) is 0 Å².